The number of rotatable bonds is 4. The molecule has 0 saturated heterocycles. The molecule has 2 rings (SSSR count). The maximum atomic E-state index is 12.5. The maximum Gasteiger partial charge on any atom is 0.416 e. The van der Waals surface area contributed by atoms with E-state index in [0.29, 0.717) is 5.56 Å². The Morgan fingerprint density at radius 1 is 1.00 bits per heavy atom. The Morgan fingerprint density at radius 2 is 1.57 bits per heavy atom. The summed E-state index contributed by atoms with van der Waals surface area (Å²) < 4.78 is 37.4. The van der Waals surface area contributed by atoms with Crippen molar-refractivity contribution in [3.63, 3.8) is 0 Å². The fourth-order valence-corrected chi connectivity index (χ4v) is 2.09. The van der Waals surface area contributed by atoms with Crippen LogP contribution in [0.4, 0.5) is 13.2 Å². The van der Waals surface area contributed by atoms with Gasteiger partial charge in [0.1, 0.15) is 5.78 Å². The van der Waals surface area contributed by atoms with E-state index in [1.165, 1.54) is 12.1 Å². The lowest BCUT2D eigenvalue weighted by molar-refractivity contribution is -0.137. The summed E-state index contributed by atoms with van der Waals surface area (Å²) in [5.74, 6) is -0.283. The highest BCUT2D eigenvalue weighted by molar-refractivity contribution is 5.87. The summed E-state index contributed by atoms with van der Waals surface area (Å²) >= 11 is 0. The predicted octanol–water partition coefficient (Wildman–Crippen LogP) is 4.62. The van der Waals surface area contributed by atoms with E-state index in [-0.39, 0.29) is 18.1 Å². The third-order valence-electron chi connectivity index (χ3n) is 3.44. The second-order valence-electron chi connectivity index (χ2n) is 4.97. The Hall–Kier alpha value is -2.10. The molecule has 1 atom stereocenters. The second kappa shape index (κ2) is 6.12. The molecule has 1 nitrogen and oxygen atoms in total. The van der Waals surface area contributed by atoms with Gasteiger partial charge in [-0.25, -0.2) is 0 Å². The van der Waals surface area contributed by atoms with E-state index in [4.69, 9.17) is 0 Å². The van der Waals surface area contributed by atoms with Crippen molar-refractivity contribution in [1.82, 2.24) is 0 Å². The molecule has 0 saturated carbocycles. The first-order chi connectivity index (χ1) is 9.88. The van der Waals surface area contributed by atoms with Crippen LogP contribution in [0.3, 0.4) is 0 Å². The number of ketones is 1. The first-order valence-electron chi connectivity index (χ1n) is 6.61. The summed E-state index contributed by atoms with van der Waals surface area (Å²) in [4.78, 5) is 12.2. The average molecular weight is 292 g/mol. The number of carbonyl (C=O) groups excluding carboxylic acids is 1. The Kier molecular flexibility index (Phi) is 4.46. The van der Waals surface area contributed by atoms with Crippen molar-refractivity contribution >= 4 is 5.78 Å². The zero-order chi connectivity index (χ0) is 15.5. The number of benzene rings is 2. The number of alkyl halides is 3. The minimum Gasteiger partial charge on any atom is -0.299 e. The van der Waals surface area contributed by atoms with Gasteiger partial charge in [-0.3, -0.25) is 4.79 Å². The molecular weight excluding hydrogens is 277 g/mol. The van der Waals surface area contributed by atoms with E-state index in [2.05, 4.69) is 0 Å². The van der Waals surface area contributed by atoms with Gasteiger partial charge in [-0.1, -0.05) is 49.4 Å². The highest BCUT2D eigenvalue weighted by atomic mass is 19.4. The lowest BCUT2D eigenvalue weighted by atomic mass is 9.92. The zero-order valence-corrected chi connectivity index (χ0v) is 11.5. The van der Waals surface area contributed by atoms with Crippen LogP contribution in [0.2, 0.25) is 0 Å². The number of Topliss-reactive ketones (excluding diaryl/α,β-unsaturated/α-hetero) is 1. The summed E-state index contributed by atoms with van der Waals surface area (Å²) in [7, 11) is 0. The first kappa shape index (κ1) is 15.3. The fraction of sp³-hybridized carbons (Fsp3) is 0.235. The number of carbonyl (C=O) groups is 1. The molecule has 0 aliphatic heterocycles. The summed E-state index contributed by atoms with van der Waals surface area (Å²) in [6.07, 6.45) is -4.21. The summed E-state index contributed by atoms with van der Waals surface area (Å²) in [5.41, 5.74) is 0.806. The molecule has 110 valence electrons. The van der Waals surface area contributed by atoms with Gasteiger partial charge in [0, 0.05) is 12.3 Å². The number of hydrogen-bond donors (Lipinski definition) is 0. The van der Waals surface area contributed by atoms with Crippen LogP contribution in [0.5, 0.6) is 0 Å². The molecule has 21 heavy (non-hydrogen) atoms. The largest absolute Gasteiger partial charge is 0.416 e. The average Bonchev–Trinajstić information content (AvgIpc) is 2.47. The second-order valence-corrected chi connectivity index (χ2v) is 4.97. The summed E-state index contributed by atoms with van der Waals surface area (Å²) in [6, 6.07) is 14.1. The van der Waals surface area contributed by atoms with Crippen molar-refractivity contribution in [3.8, 4) is 0 Å². The van der Waals surface area contributed by atoms with E-state index in [1.54, 1.807) is 0 Å². The van der Waals surface area contributed by atoms with Crippen molar-refractivity contribution in [2.75, 3.05) is 0 Å². The third kappa shape index (κ3) is 3.94. The Balaban J connectivity index is 2.06. The Bertz CT molecular complexity index is 600. The van der Waals surface area contributed by atoms with E-state index in [1.807, 2.05) is 37.3 Å². The van der Waals surface area contributed by atoms with Gasteiger partial charge in [-0.2, -0.15) is 13.2 Å². The van der Waals surface area contributed by atoms with Gasteiger partial charge in [0.15, 0.2) is 0 Å². The molecule has 1 unspecified atom stereocenters. The Morgan fingerprint density at radius 3 is 2.10 bits per heavy atom. The number of halogens is 3. The molecule has 0 amide bonds. The summed E-state index contributed by atoms with van der Waals surface area (Å²) in [5, 5.41) is 0. The lowest BCUT2D eigenvalue weighted by Crippen LogP contribution is -2.12. The smallest absolute Gasteiger partial charge is 0.299 e. The van der Waals surface area contributed by atoms with Crippen LogP contribution in [0.1, 0.15) is 29.5 Å². The van der Waals surface area contributed by atoms with Gasteiger partial charge >= 0.3 is 6.18 Å². The monoisotopic (exact) mass is 292 g/mol. The molecule has 0 aliphatic carbocycles. The molecule has 0 N–H and O–H groups in total. The molecule has 2 aromatic rings. The van der Waals surface area contributed by atoms with Crippen LogP contribution < -0.4 is 0 Å². The van der Waals surface area contributed by atoms with Crippen LogP contribution in [0, 0.1) is 0 Å². The highest BCUT2D eigenvalue weighted by Crippen LogP contribution is 2.29. The Labute approximate surface area is 121 Å². The molecule has 0 spiro atoms. The van der Waals surface area contributed by atoms with Crippen LogP contribution in [-0.2, 0) is 17.4 Å². The highest BCUT2D eigenvalue weighted by Gasteiger charge is 2.30. The zero-order valence-electron chi connectivity index (χ0n) is 11.5. The maximum absolute atomic E-state index is 12.5. The first-order valence-corrected chi connectivity index (χ1v) is 6.61. The van der Waals surface area contributed by atoms with Crippen molar-refractivity contribution in [2.24, 2.45) is 0 Å². The van der Waals surface area contributed by atoms with Gasteiger partial charge < -0.3 is 0 Å². The topological polar surface area (TPSA) is 17.1 Å². The van der Waals surface area contributed by atoms with Crippen molar-refractivity contribution in [3.05, 3.63) is 71.3 Å². The quantitative estimate of drug-likeness (QED) is 0.803. The van der Waals surface area contributed by atoms with Crippen LogP contribution in [0.25, 0.3) is 0 Å². The normalized spacial score (nSPS) is 13.0. The minimum atomic E-state index is -4.35. The van der Waals surface area contributed by atoms with Gasteiger partial charge in [0.05, 0.1) is 5.56 Å². The van der Waals surface area contributed by atoms with E-state index in [9.17, 15) is 18.0 Å². The SMILES string of the molecule is CC(C(=O)Cc1ccc(C(F)(F)F)cc1)c1ccccc1. The predicted molar refractivity (Wildman–Crippen MR) is 75.0 cm³/mol. The van der Waals surface area contributed by atoms with Crippen LogP contribution in [0.15, 0.2) is 54.6 Å². The van der Waals surface area contributed by atoms with Crippen molar-refractivity contribution in [2.45, 2.75) is 25.4 Å². The van der Waals surface area contributed by atoms with Gasteiger partial charge in [-0.05, 0) is 23.3 Å². The van der Waals surface area contributed by atoms with Crippen LogP contribution in [-0.4, -0.2) is 5.78 Å². The van der Waals surface area contributed by atoms with Gasteiger partial charge in [0.2, 0.25) is 0 Å². The standard InChI is InChI=1S/C17H15F3O/c1-12(14-5-3-2-4-6-14)16(21)11-13-7-9-15(10-8-13)17(18,19)20/h2-10,12H,11H2,1H3. The lowest BCUT2D eigenvalue weighted by Gasteiger charge is -2.11. The van der Waals surface area contributed by atoms with E-state index >= 15 is 0 Å². The van der Waals surface area contributed by atoms with E-state index < -0.39 is 11.7 Å². The molecule has 0 bridgehead atoms. The van der Waals surface area contributed by atoms with Crippen LogP contribution >= 0.6 is 0 Å². The minimum absolute atomic E-state index is 0.0130. The fourth-order valence-electron chi connectivity index (χ4n) is 2.09. The van der Waals surface area contributed by atoms with Gasteiger partial charge in [0.25, 0.3) is 0 Å². The molecule has 4 heteroatoms. The molecule has 0 heterocycles. The summed E-state index contributed by atoms with van der Waals surface area (Å²) in [6.45, 7) is 1.81. The molecule has 0 aliphatic rings. The van der Waals surface area contributed by atoms with Crippen molar-refractivity contribution < 1.29 is 18.0 Å². The molecular formula is C17H15F3O. The van der Waals surface area contributed by atoms with Crippen molar-refractivity contribution in [1.29, 1.82) is 0 Å². The van der Waals surface area contributed by atoms with E-state index in [0.717, 1.165) is 17.7 Å². The third-order valence-corrected chi connectivity index (χ3v) is 3.44. The van der Waals surface area contributed by atoms with Gasteiger partial charge in [-0.15, -0.1) is 0 Å². The molecule has 2 aromatic carbocycles. The molecule has 0 radical (unpaired) electrons. The number of hydrogen-bond acceptors (Lipinski definition) is 1. The molecule has 0 aromatic heterocycles. The molecule has 0 fully saturated rings.